The Morgan fingerprint density at radius 2 is 1.76 bits per heavy atom. The molecule has 10 heteroatoms. The molecule has 1 amide bonds. The third kappa shape index (κ3) is 5.44. The maximum absolute atomic E-state index is 15.8. The van der Waals surface area contributed by atoms with Crippen LogP contribution in [0.25, 0.3) is 22.2 Å². The predicted octanol–water partition coefficient (Wildman–Crippen LogP) is 5.18. The molecule has 1 fully saturated rings. The average molecular weight is 577 g/mol. The van der Waals surface area contributed by atoms with Gasteiger partial charge in [-0.2, -0.15) is 5.10 Å². The van der Waals surface area contributed by atoms with Gasteiger partial charge < -0.3 is 20.3 Å². The van der Waals surface area contributed by atoms with Gasteiger partial charge in [0.05, 0.1) is 30.6 Å². The van der Waals surface area contributed by atoms with Crippen molar-refractivity contribution in [1.29, 1.82) is 0 Å². The standard InChI is InChI=1S/C32H34F2N4O4/c1-17-11-19-12-20(13-23(42-6)27(19)38-37-17)29(39)35-16-32(41,24-15-30(24,2)3)25-14-22(31(4,5)40)26(34)28(36-25)18-7-9-21(33)10-8-18/h7-14,24,40-41H,15-16H2,1-6H3,(H,35,39). The van der Waals surface area contributed by atoms with Crippen molar-refractivity contribution < 1.29 is 28.5 Å². The number of aliphatic hydroxyl groups is 2. The van der Waals surface area contributed by atoms with E-state index in [0.29, 0.717) is 34.3 Å². The molecule has 2 heterocycles. The molecule has 1 saturated carbocycles. The lowest BCUT2D eigenvalue weighted by molar-refractivity contribution is -0.00200. The number of aromatic nitrogens is 3. The topological polar surface area (TPSA) is 117 Å². The van der Waals surface area contributed by atoms with Crippen molar-refractivity contribution >= 4 is 16.8 Å². The molecule has 0 saturated heterocycles. The van der Waals surface area contributed by atoms with Crippen molar-refractivity contribution in [3.8, 4) is 17.0 Å². The van der Waals surface area contributed by atoms with Crippen LogP contribution in [0, 0.1) is 29.9 Å². The Balaban J connectivity index is 1.57. The maximum atomic E-state index is 15.8. The van der Waals surface area contributed by atoms with E-state index in [4.69, 9.17) is 4.74 Å². The SMILES string of the molecule is COc1cc(C(=O)NCC(O)(c2cc(C(C)(C)O)c(F)c(-c3ccc(F)cc3)n2)C2CC2(C)C)cc2cc(C)nnc12. The summed E-state index contributed by atoms with van der Waals surface area (Å²) in [4.78, 5) is 18.0. The highest BCUT2D eigenvalue weighted by Crippen LogP contribution is 2.60. The number of carbonyl (C=O) groups is 1. The number of amides is 1. The Morgan fingerprint density at radius 1 is 1.10 bits per heavy atom. The first-order valence-corrected chi connectivity index (χ1v) is 13.7. The first-order chi connectivity index (χ1) is 19.6. The quantitative estimate of drug-likeness (QED) is 0.265. The number of nitrogens with zero attached hydrogens (tertiary/aromatic N) is 3. The third-order valence-corrected chi connectivity index (χ3v) is 8.05. The van der Waals surface area contributed by atoms with E-state index in [1.807, 2.05) is 13.8 Å². The van der Waals surface area contributed by atoms with Gasteiger partial charge in [0.2, 0.25) is 0 Å². The summed E-state index contributed by atoms with van der Waals surface area (Å²) >= 11 is 0. The van der Waals surface area contributed by atoms with Gasteiger partial charge in [0.1, 0.15) is 28.4 Å². The molecule has 2 unspecified atom stereocenters. The Bertz CT molecular complexity index is 1690. The number of aryl methyl sites for hydroxylation is 1. The molecule has 8 nitrogen and oxygen atoms in total. The van der Waals surface area contributed by atoms with Gasteiger partial charge in [-0.15, -0.1) is 5.10 Å². The number of ether oxygens (including phenoxy) is 1. The summed E-state index contributed by atoms with van der Waals surface area (Å²) in [7, 11) is 1.48. The van der Waals surface area contributed by atoms with Crippen molar-refractivity contribution in [2.45, 2.75) is 52.2 Å². The zero-order valence-electron chi connectivity index (χ0n) is 24.4. The van der Waals surface area contributed by atoms with Crippen molar-refractivity contribution in [1.82, 2.24) is 20.5 Å². The molecule has 220 valence electrons. The van der Waals surface area contributed by atoms with E-state index in [-0.39, 0.29) is 40.4 Å². The lowest BCUT2D eigenvalue weighted by atomic mass is 9.85. The number of benzene rings is 2. The van der Waals surface area contributed by atoms with Gasteiger partial charge >= 0.3 is 0 Å². The molecular formula is C32H34F2N4O4. The highest BCUT2D eigenvalue weighted by molar-refractivity contribution is 5.99. The maximum Gasteiger partial charge on any atom is 0.251 e. The number of rotatable bonds is 8. The van der Waals surface area contributed by atoms with E-state index in [0.717, 1.165) is 0 Å². The summed E-state index contributed by atoms with van der Waals surface area (Å²) in [5, 5.41) is 34.9. The number of nitrogens with one attached hydrogen (secondary N) is 1. The molecule has 4 aromatic rings. The minimum Gasteiger partial charge on any atom is -0.494 e. The molecule has 0 spiro atoms. The van der Waals surface area contributed by atoms with Crippen LogP contribution in [0.3, 0.4) is 0 Å². The van der Waals surface area contributed by atoms with Crippen LogP contribution in [0.4, 0.5) is 8.78 Å². The monoisotopic (exact) mass is 576 g/mol. The molecule has 0 radical (unpaired) electrons. The molecule has 42 heavy (non-hydrogen) atoms. The summed E-state index contributed by atoms with van der Waals surface area (Å²) in [6.07, 6.45) is 0.629. The van der Waals surface area contributed by atoms with Gasteiger partial charge in [-0.05, 0) is 81.1 Å². The third-order valence-electron chi connectivity index (χ3n) is 8.05. The van der Waals surface area contributed by atoms with E-state index >= 15 is 4.39 Å². The lowest BCUT2D eigenvalue weighted by Gasteiger charge is -2.32. The molecule has 2 atom stereocenters. The van der Waals surface area contributed by atoms with Gasteiger partial charge in [-0.1, -0.05) is 13.8 Å². The summed E-state index contributed by atoms with van der Waals surface area (Å²) in [5.41, 5.74) is -1.98. The van der Waals surface area contributed by atoms with Gasteiger partial charge in [-0.25, -0.2) is 13.8 Å². The van der Waals surface area contributed by atoms with Gasteiger partial charge in [0.15, 0.2) is 5.82 Å². The number of halogens is 2. The molecule has 2 aromatic carbocycles. The number of methoxy groups -OCH3 is 1. The summed E-state index contributed by atoms with van der Waals surface area (Å²) in [6, 6.07) is 11.5. The number of hydrogen-bond acceptors (Lipinski definition) is 7. The summed E-state index contributed by atoms with van der Waals surface area (Å²) in [5.74, 6) is -1.69. The second-order valence-corrected chi connectivity index (χ2v) is 12.2. The Labute approximate surface area is 242 Å². The van der Waals surface area contributed by atoms with Crippen LogP contribution >= 0.6 is 0 Å². The molecule has 0 bridgehead atoms. The molecular weight excluding hydrogens is 542 g/mol. The highest BCUT2D eigenvalue weighted by atomic mass is 19.1. The fourth-order valence-electron chi connectivity index (χ4n) is 5.50. The van der Waals surface area contributed by atoms with Crippen LogP contribution in [0.1, 0.15) is 61.4 Å². The smallest absolute Gasteiger partial charge is 0.251 e. The van der Waals surface area contributed by atoms with Gasteiger partial charge in [0, 0.05) is 28.0 Å². The number of fused-ring (bicyclic) bond motifs is 1. The van der Waals surface area contributed by atoms with Crippen molar-refractivity contribution in [3.63, 3.8) is 0 Å². The predicted molar refractivity (Wildman–Crippen MR) is 154 cm³/mol. The van der Waals surface area contributed by atoms with E-state index in [2.05, 4.69) is 20.5 Å². The number of pyridine rings is 1. The fourth-order valence-corrected chi connectivity index (χ4v) is 5.50. The van der Waals surface area contributed by atoms with Gasteiger partial charge in [0.25, 0.3) is 5.91 Å². The van der Waals surface area contributed by atoms with E-state index in [9.17, 15) is 19.4 Å². The normalized spacial score (nSPS) is 17.5. The van der Waals surface area contributed by atoms with E-state index < -0.39 is 28.7 Å². The minimum atomic E-state index is -1.72. The van der Waals surface area contributed by atoms with Crippen LogP contribution in [0.2, 0.25) is 0 Å². The second-order valence-electron chi connectivity index (χ2n) is 12.2. The van der Waals surface area contributed by atoms with Crippen LogP contribution in [-0.2, 0) is 11.2 Å². The largest absolute Gasteiger partial charge is 0.494 e. The first kappa shape index (κ1) is 29.5. The Kier molecular flexibility index (Phi) is 7.27. The minimum absolute atomic E-state index is 0.0780. The highest BCUT2D eigenvalue weighted by Gasteiger charge is 2.59. The first-order valence-electron chi connectivity index (χ1n) is 13.7. The van der Waals surface area contributed by atoms with Crippen LogP contribution in [0.5, 0.6) is 5.75 Å². The Morgan fingerprint density at radius 3 is 2.36 bits per heavy atom. The zero-order valence-corrected chi connectivity index (χ0v) is 24.4. The number of carbonyl (C=O) groups excluding carboxylic acids is 1. The molecule has 3 N–H and O–H groups in total. The van der Waals surface area contributed by atoms with Crippen LogP contribution < -0.4 is 10.1 Å². The molecule has 1 aliphatic rings. The lowest BCUT2D eigenvalue weighted by Crippen LogP contribution is -2.44. The van der Waals surface area contributed by atoms with Crippen molar-refractivity contribution in [3.05, 3.63) is 82.7 Å². The van der Waals surface area contributed by atoms with E-state index in [1.165, 1.54) is 51.3 Å². The molecule has 2 aromatic heterocycles. The Hall–Kier alpha value is -4.02. The second kappa shape index (κ2) is 10.4. The summed E-state index contributed by atoms with van der Waals surface area (Å²) < 4.78 is 34.9. The van der Waals surface area contributed by atoms with E-state index in [1.54, 1.807) is 25.1 Å². The van der Waals surface area contributed by atoms with Crippen LogP contribution in [0.15, 0.2) is 48.5 Å². The van der Waals surface area contributed by atoms with Crippen molar-refractivity contribution in [2.24, 2.45) is 11.3 Å². The summed E-state index contributed by atoms with van der Waals surface area (Å²) in [6.45, 7) is 8.41. The van der Waals surface area contributed by atoms with Gasteiger partial charge in [-0.3, -0.25) is 4.79 Å². The molecule has 5 rings (SSSR count). The van der Waals surface area contributed by atoms with Crippen molar-refractivity contribution in [2.75, 3.05) is 13.7 Å². The average Bonchev–Trinajstić information content (AvgIpc) is 3.59. The molecule has 1 aliphatic carbocycles. The van der Waals surface area contributed by atoms with Crippen LogP contribution in [-0.4, -0.2) is 45.0 Å². The molecule has 0 aliphatic heterocycles. The fraction of sp³-hybridized carbons (Fsp3) is 0.375. The zero-order chi connectivity index (χ0) is 30.6. The number of hydrogen-bond donors (Lipinski definition) is 3.